The molecule has 4 N–H and O–H groups in total. The van der Waals surface area contributed by atoms with E-state index in [2.05, 4.69) is 30.7 Å². The lowest BCUT2D eigenvalue weighted by atomic mass is 10.2. The molecule has 8 nitrogen and oxygen atoms in total. The van der Waals surface area contributed by atoms with Gasteiger partial charge in [-0.3, -0.25) is 9.99 Å². The topological polar surface area (TPSA) is 107 Å². The van der Waals surface area contributed by atoms with Crippen LogP contribution in [-0.4, -0.2) is 24.5 Å². The van der Waals surface area contributed by atoms with E-state index in [0.717, 1.165) is 5.69 Å². The monoisotopic (exact) mass is 282 g/mol. The van der Waals surface area contributed by atoms with Gasteiger partial charge in [0.15, 0.2) is 0 Å². The Labute approximate surface area is 121 Å². The lowest BCUT2D eigenvalue weighted by molar-refractivity contribution is 0.898. The Kier molecular flexibility index (Phi) is 3.44. The van der Waals surface area contributed by atoms with Crippen LogP contribution in [0.15, 0.2) is 43.0 Å². The van der Waals surface area contributed by atoms with E-state index in [1.54, 1.807) is 23.3 Å². The fourth-order valence-corrected chi connectivity index (χ4v) is 1.74. The SMILES string of the molecule is Cc1ccc(Nc2nc(NN)nc(-n3ccnc3)n2)cc1. The lowest BCUT2D eigenvalue weighted by Gasteiger charge is -2.08. The van der Waals surface area contributed by atoms with Crippen molar-refractivity contribution in [2.75, 3.05) is 10.7 Å². The maximum atomic E-state index is 5.40. The molecule has 0 aliphatic rings. The van der Waals surface area contributed by atoms with Crippen LogP contribution in [0.4, 0.5) is 17.6 Å². The molecule has 0 bridgehead atoms. The third-order valence-electron chi connectivity index (χ3n) is 2.80. The van der Waals surface area contributed by atoms with Gasteiger partial charge in [0, 0.05) is 18.1 Å². The number of hydrazine groups is 1. The summed E-state index contributed by atoms with van der Waals surface area (Å²) in [5, 5.41) is 3.12. The summed E-state index contributed by atoms with van der Waals surface area (Å²) in [6.07, 6.45) is 4.99. The number of aryl methyl sites for hydroxylation is 1. The third-order valence-corrected chi connectivity index (χ3v) is 2.80. The Morgan fingerprint density at radius 1 is 1.05 bits per heavy atom. The van der Waals surface area contributed by atoms with Crippen molar-refractivity contribution in [3.8, 4) is 5.95 Å². The third kappa shape index (κ3) is 2.95. The van der Waals surface area contributed by atoms with Crippen LogP contribution in [0.1, 0.15) is 5.56 Å². The molecule has 1 aromatic carbocycles. The Hall–Kier alpha value is -3.00. The Balaban J connectivity index is 1.94. The highest BCUT2D eigenvalue weighted by atomic mass is 15.4. The highest BCUT2D eigenvalue weighted by Crippen LogP contribution is 2.15. The smallest absolute Gasteiger partial charge is 0.243 e. The van der Waals surface area contributed by atoms with Gasteiger partial charge >= 0.3 is 0 Å². The van der Waals surface area contributed by atoms with Crippen LogP contribution in [0.5, 0.6) is 0 Å². The number of nitrogens with zero attached hydrogens (tertiary/aromatic N) is 5. The van der Waals surface area contributed by atoms with Crippen molar-refractivity contribution >= 4 is 17.6 Å². The predicted octanol–water partition coefficient (Wildman–Crippen LogP) is 1.39. The van der Waals surface area contributed by atoms with Crippen LogP contribution in [0.25, 0.3) is 5.95 Å². The van der Waals surface area contributed by atoms with E-state index in [0.29, 0.717) is 11.9 Å². The highest BCUT2D eigenvalue weighted by molar-refractivity contribution is 5.55. The zero-order chi connectivity index (χ0) is 14.7. The van der Waals surface area contributed by atoms with Crippen molar-refractivity contribution in [1.82, 2.24) is 24.5 Å². The molecule has 21 heavy (non-hydrogen) atoms. The van der Waals surface area contributed by atoms with Gasteiger partial charge in [0.2, 0.25) is 17.8 Å². The Morgan fingerprint density at radius 2 is 1.81 bits per heavy atom. The van der Waals surface area contributed by atoms with Crippen LogP contribution in [0.3, 0.4) is 0 Å². The second-order valence-corrected chi connectivity index (χ2v) is 4.39. The van der Waals surface area contributed by atoms with Crippen LogP contribution in [-0.2, 0) is 0 Å². The summed E-state index contributed by atoms with van der Waals surface area (Å²) in [6, 6.07) is 7.90. The van der Waals surface area contributed by atoms with E-state index in [-0.39, 0.29) is 5.95 Å². The molecule has 0 fully saturated rings. The molecule has 3 aromatic rings. The Morgan fingerprint density at radius 3 is 2.48 bits per heavy atom. The molecule has 106 valence electrons. The normalized spacial score (nSPS) is 10.4. The van der Waals surface area contributed by atoms with Gasteiger partial charge in [0.1, 0.15) is 6.33 Å². The average molecular weight is 282 g/mol. The molecule has 0 unspecified atom stereocenters. The molecule has 8 heteroatoms. The number of nitrogens with one attached hydrogen (secondary N) is 2. The van der Waals surface area contributed by atoms with Crippen LogP contribution < -0.4 is 16.6 Å². The molecular weight excluding hydrogens is 268 g/mol. The molecule has 0 aliphatic heterocycles. The first-order valence-electron chi connectivity index (χ1n) is 6.29. The van der Waals surface area contributed by atoms with Crippen molar-refractivity contribution in [2.24, 2.45) is 5.84 Å². The molecule has 2 heterocycles. The van der Waals surface area contributed by atoms with E-state index in [1.807, 2.05) is 31.2 Å². The number of nitrogen functional groups attached to an aromatic ring is 1. The standard InChI is InChI=1S/C13H14N8/c1-9-2-4-10(5-3-9)16-11-17-12(20-14)19-13(18-11)21-7-6-15-8-21/h2-8H,14H2,1H3,(H2,16,17,18,19,20). The van der Waals surface area contributed by atoms with E-state index in [9.17, 15) is 0 Å². The van der Waals surface area contributed by atoms with Gasteiger partial charge in [-0.25, -0.2) is 10.8 Å². The highest BCUT2D eigenvalue weighted by Gasteiger charge is 2.07. The molecule has 0 saturated heterocycles. The summed E-state index contributed by atoms with van der Waals surface area (Å²) in [6.45, 7) is 2.03. The zero-order valence-corrected chi connectivity index (χ0v) is 11.4. The van der Waals surface area contributed by atoms with Gasteiger partial charge in [0.25, 0.3) is 0 Å². The van der Waals surface area contributed by atoms with Crippen molar-refractivity contribution in [1.29, 1.82) is 0 Å². The number of imidazole rings is 1. The molecule has 2 aromatic heterocycles. The predicted molar refractivity (Wildman–Crippen MR) is 79.2 cm³/mol. The number of aromatic nitrogens is 5. The fourth-order valence-electron chi connectivity index (χ4n) is 1.74. The van der Waals surface area contributed by atoms with Crippen molar-refractivity contribution < 1.29 is 0 Å². The van der Waals surface area contributed by atoms with Gasteiger partial charge in [-0.15, -0.1) is 0 Å². The van der Waals surface area contributed by atoms with E-state index in [1.165, 1.54) is 5.56 Å². The van der Waals surface area contributed by atoms with Crippen LogP contribution in [0.2, 0.25) is 0 Å². The first kappa shape index (κ1) is 13.0. The van der Waals surface area contributed by atoms with Crippen molar-refractivity contribution in [2.45, 2.75) is 6.92 Å². The number of hydrogen-bond donors (Lipinski definition) is 3. The minimum Gasteiger partial charge on any atom is -0.324 e. The number of nitrogens with two attached hydrogens (primary N) is 1. The van der Waals surface area contributed by atoms with Gasteiger partial charge in [-0.1, -0.05) is 17.7 Å². The maximum absolute atomic E-state index is 5.40. The molecule has 0 amide bonds. The first-order chi connectivity index (χ1) is 10.2. The number of benzene rings is 1. The van der Waals surface area contributed by atoms with Gasteiger partial charge in [-0.05, 0) is 19.1 Å². The second-order valence-electron chi connectivity index (χ2n) is 4.39. The van der Waals surface area contributed by atoms with Gasteiger partial charge in [-0.2, -0.15) is 15.0 Å². The van der Waals surface area contributed by atoms with E-state index in [4.69, 9.17) is 5.84 Å². The van der Waals surface area contributed by atoms with Gasteiger partial charge in [0.05, 0.1) is 0 Å². The Bertz CT molecular complexity index is 720. The minimum absolute atomic E-state index is 0.267. The molecule has 3 rings (SSSR count). The van der Waals surface area contributed by atoms with Gasteiger partial charge < -0.3 is 5.32 Å². The molecule has 0 saturated carbocycles. The van der Waals surface area contributed by atoms with Crippen LogP contribution >= 0.6 is 0 Å². The van der Waals surface area contributed by atoms with Crippen molar-refractivity contribution in [3.63, 3.8) is 0 Å². The number of rotatable bonds is 4. The second kappa shape index (κ2) is 5.55. The molecule has 0 aliphatic carbocycles. The summed E-state index contributed by atoms with van der Waals surface area (Å²) in [5.74, 6) is 6.48. The fraction of sp³-hybridized carbons (Fsp3) is 0.0769. The summed E-state index contributed by atoms with van der Waals surface area (Å²) in [7, 11) is 0. The zero-order valence-electron chi connectivity index (χ0n) is 11.4. The minimum atomic E-state index is 0.267. The lowest BCUT2D eigenvalue weighted by Crippen LogP contribution is -2.14. The van der Waals surface area contributed by atoms with Crippen molar-refractivity contribution in [3.05, 3.63) is 48.5 Å². The summed E-state index contributed by atoms with van der Waals surface area (Å²) in [4.78, 5) is 16.7. The maximum Gasteiger partial charge on any atom is 0.243 e. The molecule has 0 spiro atoms. The summed E-state index contributed by atoms with van der Waals surface area (Å²) >= 11 is 0. The molecule has 0 atom stereocenters. The van der Waals surface area contributed by atoms with E-state index < -0.39 is 0 Å². The summed E-state index contributed by atoms with van der Waals surface area (Å²) < 4.78 is 1.67. The summed E-state index contributed by atoms with van der Waals surface area (Å²) in [5.41, 5.74) is 4.49. The van der Waals surface area contributed by atoms with Crippen LogP contribution in [0, 0.1) is 6.92 Å². The first-order valence-corrected chi connectivity index (χ1v) is 6.29. The van der Waals surface area contributed by atoms with E-state index >= 15 is 0 Å². The molecule has 0 radical (unpaired) electrons. The number of anilines is 3. The number of hydrogen-bond acceptors (Lipinski definition) is 7. The largest absolute Gasteiger partial charge is 0.324 e. The quantitative estimate of drug-likeness (QED) is 0.490. The molecular formula is C13H14N8. The average Bonchev–Trinajstić information content (AvgIpc) is 3.04.